The minimum atomic E-state index is 0.816. The quantitative estimate of drug-likeness (QED) is 0.867. The summed E-state index contributed by atoms with van der Waals surface area (Å²) in [7, 11) is 0. The van der Waals surface area contributed by atoms with E-state index in [-0.39, 0.29) is 0 Å². The molecule has 0 spiro atoms. The van der Waals surface area contributed by atoms with Crippen molar-refractivity contribution in [1.29, 1.82) is 0 Å². The topological polar surface area (TPSA) is 18.5 Å². The first-order valence-corrected chi connectivity index (χ1v) is 8.96. The minimum absolute atomic E-state index is 0.816. The highest BCUT2D eigenvalue weighted by molar-refractivity contribution is 7.11. The van der Waals surface area contributed by atoms with Crippen LogP contribution in [0.15, 0.2) is 12.1 Å². The van der Waals surface area contributed by atoms with Gasteiger partial charge in [0.05, 0.1) is 0 Å². The lowest BCUT2D eigenvalue weighted by atomic mass is 10.3. The van der Waals surface area contributed by atoms with Crippen LogP contribution in [0.4, 0.5) is 0 Å². The molecule has 3 aliphatic rings. The third kappa shape index (κ3) is 3.42. The van der Waals surface area contributed by atoms with Gasteiger partial charge in [-0.2, -0.15) is 0 Å². The van der Waals surface area contributed by atoms with Gasteiger partial charge in [-0.15, -0.1) is 11.3 Å². The van der Waals surface area contributed by atoms with Gasteiger partial charge >= 0.3 is 0 Å². The highest BCUT2D eigenvalue weighted by Crippen LogP contribution is 2.28. The minimum Gasteiger partial charge on any atom is -0.309 e. The van der Waals surface area contributed by atoms with Crippen LogP contribution in [0.5, 0.6) is 0 Å². The van der Waals surface area contributed by atoms with E-state index in [9.17, 15) is 0 Å². The zero-order valence-corrected chi connectivity index (χ0v) is 13.0. The number of hydrogen-bond donors (Lipinski definition) is 1. The summed E-state index contributed by atoms with van der Waals surface area (Å²) in [6, 6.07) is 6.41. The molecule has 1 aromatic heterocycles. The molecular weight excluding hydrogens is 266 g/mol. The van der Waals surface area contributed by atoms with Crippen LogP contribution < -0.4 is 5.32 Å². The van der Waals surface area contributed by atoms with Gasteiger partial charge in [0.25, 0.3) is 0 Å². The van der Waals surface area contributed by atoms with Gasteiger partial charge in [0, 0.05) is 61.1 Å². The Morgan fingerprint density at radius 1 is 1.00 bits per heavy atom. The average Bonchev–Trinajstić information content (AvgIpc) is 3.38. The van der Waals surface area contributed by atoms with E-state index in [4.69, 9.17) is 0 Å². The fourth-order valence-corrected chi connectivity index (χ4v) is 4.09. The third-order valence-electron chi connectivity index (χ3n) is 4.71. The number of rotatable bonds is 6. The van der Waals surface area contributed by atoms with Crippen LogP contribution in [0, 0.1) is 0 Å². The Morgan fingerprint density at radius 2 is 1.75 bits per heavy atom. The molecular formula is C16H25N3S. The van der Waals surface area contributed by atoms with Gasteiger partial charge in [0.15, 0.2) is 0 Å². The normalized spacial score (nSPS) is 25.2. The Morgan fingerprint density at radius 3 is 2.45 bits per heavy atom. The van der Waals surface area contributed by atoms with Gasteiger partial charge in [0.2, 0.25) is 0 Å². The fourth-order valence-electron chi connectivity index (χ4n) is 3.08. The molecule has 0 aromatic carbocycles. The monoisotopic (exact) mass is 291 g/mol. The van der Waals surface area contributed by atoms with Gasteiger partial charge in [-0.3, -0.25) is 9.80 Å². The van der Waals surface area contributed by atoms with Crippen molar-refractivity contribution in [2.75, 3.05) is 26.2 Å². The Kier molecular flexibility index (Phi) is 3.82. The molecule has 0 atom stereocenters. The maximum absolute atomic E-state index is 3.61. The highest BCUT2D eigenvalue weighted by atomic mass is 32.1. The molecule has 20 heavy (non-hydrogen) atoms. The van der Waals surface area contributed by atoms with E-state index < -0.39 is 0 Å². The molecule has 3 fully saturated rings. The summed E-state index contributed by atoms with van der Waals surface area (Å²) in [4.78, 5) is 8.36. The number of hydrogen-bond acceptors (Lipinski definition) is 4. The van der Waals surface area contributed by atoms with E-state index in [1.165, 1.54) is 61.6 Å². The summed E-state index contributed by atoms with van der Waals surface area (Å²) in [6.07, 6.45) is 5.65. The second-order valence-corrected chi connectivity index (χ2v) is 7.82. The molecule has 1 aliphatic heterocycles. The summed E-state index contributed by atoms with van der Waals surface area (Å²) < 4.78 is 0. The van der Waals surface area contributed by atoms with Crippen molar-refractivity contribution in [2.45, 2.75) is 50.9 Å². The first-order chi connectivity index (χ1) is 9.87. The number of piperazine rings is 1. The molecule has 0 amide bonds. The van der Waals surface area contributed by atoms with E-state index in [1.54, 1.807) is 0 Å². The van der Waals surface area contributed by atoms with Crippen molar-refractivity contribution in [2.24, 2.45) is 0 Å². The zero-order valence-electron chi connectivity index (χ0n) is 12.2. The lowest BCUT2D eigenvalue weighted by molar-refractivity contribution is 0.122. The van der Waals surface area contributed by atoms with Crippen molar-refractivity contribution in [3.63, 3.8) is 0 Å². The van der Waals surface area contributed by atoms with Crippen molar-refractivity contribution in [3.8, 4) is 0 Å². The van der Waals surface area contributed by atoms with Gasteiger partial charge in [-0.1, -0.05) is 0 Å². The van der Waals surface area contributed by atoms with Crippen LogP contribution in [0.3, 0.4) is 0 Å². The second-order valence-electron chi connectivity index (χ2n) is 6.57. The highest BCUT2D eigenvalue weighted by Gasteiger charge is 2.31. The Hall–Kier alpha value is -0.420. The van der Waals surface area contributed by atoms with Crippen LogP contribution in [-0.4, -0.2) is 48.1 Å². The second kappa shape index (κ2) is 5.76. The van der Waals surface area contributed by atoms with Crippen molar-refractivity contribution in [3.05, 3.63) is 21.9 Å². The first-order valence-electron chi connectivity index (χ1n) is 8.14. The molecule has 2 saturated carbocycles. The zero-order chi connectivity index (χ0) is 13.4. The first kappa shape index (κ1) is 13.3. The fraction of sp³-hybridized carbons (Fsp3) is 0.750. The van der Waals surface area contributed by atoms with Gasteiger partial charge in [-0.05, 0) is 37.8 Å². The maximum atomic E-state index is 3.61. The SMILES string of the molecule is c1cc(CN2CCN(C3CC3)CC2)sc1CNC1CC1. The van der Waals surface area contributed by atoms with Crippen molar-refractivity contribution >= 4 is 11.3 Å². The van der Waals surface area contributed by atoms with Gasteiger partial charge in [-0.25, -0.2) is 0 Å². The van der Waals surface area contributed by atoms with E-state index in [1.807, 2.05) is 11.3 Å². The summed E-state index contributed by atoms with van der Waals surface area (Å²) >= 11 is 2.00. The summed E-state index contributed by atoms with van der Waals surface area (Å²) in [5, 5.41) is 3.61. The molecule has 2 heterocycles. The lowest BCUT2D eigenvalue weighted by Gasteiger charge is -2.34. The van der Waals surface area contributed by atoms with Gasteiger partial charge in [0.1, 0.15) is 0 Å². The largest absolute Gasteiger partial charge is 0.309 e. The molecule has 4 rings (SSSR count). The molecule has 1 aromatic rings. The Bertz CT molecular complexity index is 442. The van der Waals surface area contributed by atoms with Crippen molar-refractivity contribution in [1.82, 2.24) is 15.1 Å². The maximum Gasteiger partial charge on any atom is 0.0329 e. The predicted molar refractivity (Wildman–Crippen MR) is 84.1 cm³/mol. The van der Waals surface area contributed by atoms with Crippen LogP contribution in [-0.2, 0) is 13.1 Å². The Labute approximate surface area is 126 Å². The number of nitrogens with one attached hydrogen (secondary N) is 1. The number of nitrogens with zero attached hydrogens (tertiary/aromatic N) is 2. The van der Waals surface area contributed by atoms with E-state index in [0.717, 1.165) is 25.2 Å². The van der Waals surface area contributed by atoms with Gasteiger partial charge < -0.3 is 5.32 Å². The van der Waals surface area contributed by atoms with E-state index in [0.29, 0.717) is 0 Å². The molecule has 0 unspecified atom stereocenters. The molecule has 3 nitrogen and oxygen atoms in total. The molecule has 2 aliphatic carbocycles. The average molecular weight is 291 g/mol. The summed E-state index contributed by atoms with van der Waals surface area (Å²) in [6.45, 7) is 7.31. The number of thiophene rings is 1. The molecule has 1 N–H and O–H groups in total. The third-order valence-corrected chi connectivity index (χ3v) is 5.78. The summed E-state index contributed by atoms with van der Waals surface area (Å²) in [5.74, 6) is 0. The van der Waals surface area contributed by atoms with Crippen molar-refractivity contribution < 1.29 is 0 Å². The van der Waals surface area contributed by atoms with E-state index >= 15 is 0 Å². The Balaban J connectivity index is 1.24. The predicted octanol–water partition coefficient (Wildman–Crippen LogP) is 2.28. The lowest BCUT2D eigenvalue weighted by Crippen LogP contribution is -2.46. The summed E-state index contributed by atoms with van der Waals surface area (Å²) in [5.41, 5.74) is 0. The molecule has 0 bridgehead atoms. The smallest absolute Gasteiger partial charge is 0.0329 e. The standard InChI is InChI=1S/C16H25N3S/c1-2-13(1)17-11-15-5-6-16(20-15)12-18-7-9-19(10-8-18)14-3-4-14/h5-6,13-14,17H,1-4,7-12H2. The molecule has 4 heteroatoms. The molecule has 1 saturated heterocycles. The van der Waals surface area contributed by atoms with Crippen LogP contribution in [0.25, 0.3) is 0 Å². The van der Waals surface area contributed by atoms with E-state index in [2.05, 4.69) is 27.2 Å². The van der Waals surface area contributed by atoms with Crippen LogP contribution in [0.1, 0.15) is 35.4 Å². The van der Waals surface area contributed by atoms with Crippen LogP contribution in [0.2, 0.25) is 0 Å². The molecule has 110 valence electrons. The molecule has 0 radical (unpaired) electrons. The van der Waals surface area contributed by atoms with Crippen LogP contribution >= 0.6 is 11.3 Å².